The molecular formula is C25H30N2. The monoisotopic (exact) mass is 358 g/mol. The number of fused-ring (bicyclic) bond motifs is 2. The minimum atomic E-state index is -0.0249. The van der Waals surface area contributed by atoms with Crippen LogP contribution in [-0.2, 0) is 6.42 Å². The first-order chi connectivity index (χ1) is 12.7. The third-order valence-corrected chi connectivity index (χ3v) is 5.58. The van der Waals surface area contributed by atoms with Crippen molar-refractivity contribution in [1.82, 2.24) is 0 Å². The zero-order valence-electron chi connectivity index (χ0n) is 17.3. The lowest BCUT2D eigenvalue weighted by atomic mass is 9.86. The summed E-state index contributed by atoms with van der Waals surface area (Å²) >= 11 is 0. The summed E-state index contributed by atoms with van der Waals surface area (Å²) in [6.45, 7) is 13.4. The molecule has 0 spiro atoms. The van der Waals surface area contributed by atoms with Gasteiger partial charge in [0.15, 0.2) is 0 Å². The summed E-state index contributed by atoms with van der Waals surface area (Å²) in [4.78, 5) is 0. The molecule has 4 rings (SSSR count). The van der Waals surface area contributed by atoms with Gasteiger partial charge in [0.2, 0.25) is 0 Å². The Balaban J connectivity index is 1.79. The molecule has 0 aliphatic carbocycles. The molecule has 2 aliphatic rings. The fraction of sp³-hybridized carbons (Fsp3) is 0.360. The molecule has 0 radical (unpaired) electrons. The minimum absolute atomic E-state index is 0.0249. The van der Waals surface area contributed by atoms with Crippen molar-refractivity contribution in [1.29, 1.82) is 0 Å². The first-order valence-electron chi connectivity index (χ1n) is 9.85. The van der Waals surface area contributed by atoms with Crippen molar-refractivity contribution in [2.75, 3.05) is 10.6 Å². The average Bonchev–Trinajstić information content (AvgIpc) is 2.54. The van der Waals surface area contributed by atoms with Crippen molar-refractivity contribution in [2.45, 2.75) is 59.0 Å². The van der Waals surface area contributed by atoms with Crippen LogP contribution in [0.2, 0.25) is 0 Å². The molecule has 0 saturated carbocycles. The molecule has 2 heteroatoms. The van der Waals surface area contributed by atoms with Crippen LogP contribution in [0, 0.1) is 0 Å². The lowest BCUT2D eigenvalue weighted by molar-refractivity contribution is 0.703. The van der Waals surface area contributed by atoms with Crippen LogP contribution in [0.5, 0.6) is 0 Å². The Hall–Kier alpha value is -2.48. The second-order valence-electron chi connectivity index (χ2n) is 9.20. The summed E-state index contributed by atoms with van der Waals surface area (Å²) in [6.07, 6.45) is 5.56. The highest BCUT2D eigenvalue weighted by molar-refractivity contribution is 5.84. The highest BCUT2D eigenvalue weighted by atomic mass is 15.0. The molecule has 2 heterocycles. The van der Waals surface area contributed by atoms with Crippen molar-refractivity contribution in [3.8, 4) is 0 Å². The predicted molar refractivity (Wildman–Crippen MR) is 118 cm³/mol. The largest absolute Gasteiger partial charge is 0.376 e. The van der Waals surface area contributed by atoms with Gasteiger partial charge in [-0.25, -0.2) is 0 Å². The maximum absolute atomic E-state index is 3.75. The molecule has 0 saturated heterocycles. The summed E-state index contributed by atoms with van der Waals surface area (Å²) in [5, 5.41) is 7.50. The van der Waals surface area contributed by atoms with Crippen LogP contribution in [0.15, 0.2) is 48.6 Å². The van der Waals surface area contributed by atoms with E-state index in [0.29, 0.717) is 0 Å². The van der Waals surface area contributed by atoms with Crippen LogP contribution < -0.4 is 10.6 Å². The normalized spacial score (nSPS) is 19.0. The van der Waals surface area contributed by atoms with Crippen LogP contribution >= 0.6 is 0 Å². The van der Waals surface area contributed by atoms with Gasteiger partial charge in [0.1, 0.15) is 0 Å². The van der Waals surface area contributed by atoms with Crippen LogP contribution in [-0.4, -0.2) is 11.1 Å². The van der Waals surface area contributed by atoms with E-state index in [-0.39, 0.29) is 11.1 Å². The second-order valence-corrected chi connectivity index (χ2v) is 9.20. The molecule has 0 bridgehead atoms. The summed E-state index contributed by atoms with van der Waals surface area (Å²) in [7, 11) is 0. The number of hydrogen-bond donors (Lipinski definition) is 2. The highest BCUT2D eigenvalue weighted by Gasteiger charge is 2.27. The Morgan fingerprint density at radius 3 is 1.48 bits per heavy atom. The van der Waals surface area contributed by atoms with Gasteiger partial charge in [-0.1, -0.05) is 48.6 Å². The van der Waals surface area contributed by atoms with E-state index in [4.69, 9.17) is 0 Å². The molecule has 0 fully saturated rings. The van der Waals surface area contributed by atoms with E-state index < -0.39 is 0 Å². The Bertz CT molecular complexity index is 894. The van der Waals surface area contributed by atoms with Crippen LogP contribution in [0.1, 0.15) is 63.8 Å². The van der Waals surface area contributed by atoms with Gasteiger partial charge in [-0.3, -0.25) is 0 Å². The molecule has 0 atom stereocenters. The van der Waals surface area contributed by atoms with Crippen molar-refractivity contribution in [2.24, 2.45) is 0 Å². The lowest BCUT2D eigenvalue weighted by Gasteiger charge is -2.34. The van der Waals surface area contributed by atoms with Gasteiger partial charge >= 0.3 is 0 Å². The molecule has 0 unspecified atom stereocenters. The van der Waals surface area contributed by atoms with Gasteiger partial charge < -0.3 is 10.6 Å². The highest BCUT2D eigenvalue weighted by Crippen LogP contribution is 2.40. The third-order valence-electron chi connectivity index (χ3n) is 5.58. The van der Waals surface area contributed by atoms with Crippen LogP contribution in [0.25, 0.3) is 11.1 Å². The predicted octanol–water partition coefficient (Wildman–Crippen LogP) is 6.49. The van der Waals surface area contributed by atoms with Gasteiger partial charge in [0, 0.05) is 28.9 Å². The van der Waals surface area contributed by atoms with Crippen molar-refractivity contribution >= 4 is 22.5 Å². The Labute approximate surface area is 163 Å². The fourth-order valence-corrected chi connectivity index (χ4v) is 4.61. The molecule has 2 aromatic carbocycles. The number of rotatable bonds is 2. The van der Waals surface area contributed by atoms with Gasteiger partial charge in [-0.15, -0.1) is 0 Å². The molecule has 2 aromatic rings. The molecule has 2 aliphatic heterocycles. The summed E-state index contributed by atoms with van der Waals surface area (Å²) in [5.41, 5.74) is 10.6. The number of hydrogen-bond acceptors (Lipinski definition) is 2. The Kier molecular flexibility index (Phi) is 3.99. The topological polar surface area (TPSA) is 24.1 Å². The van der Waals surface area contributed by atoms with Gasteiger partial charge in [-0.2, -0.15) is 0 Å². The van der Waals surface area contributed by atoms with E-state index in [2.05, 4.69) is 101 Å². The quantitative estimate of drug-likeness (QED) is 0.641. The number of benzene rings is 2. The number of para-hydroxylation sites is 2. The maximum atomic E-state index is 3.75. The van der Waals surface area contributed by atoms with Crippen molar-refractivity contribution in [3.05, 3.63) is 70.8 Å². The van der Waals surface area contributed by atoms with Crippen LogP contribution in [0.3, 0.4) is 0 Å². The Morgan fingerprint density at radius 2 is 1.07 bits per heavy atom. The van der Waals surface area contributed by atoms with E-state index in [0.717, 1.165) is 6.42 Å². The van der Waals surface area contributed by atoms with E-state index >= 15 is 0 Å². The summed E-state index contributed by atoms with van der Waals surface area (Å²) in [6, 6.07) is 13.3. The molecule has 140 valence electrons. The van der Waals surface area contributed by atoms with E-state index in [9.17, 15) is 0 Å². The zero-order valence-corrected chi connectivity index (χ0v) is 17.3. The van der Waals surface area contributed by atoms with E-state index in [1.807, 2.05) is 0 Å². The molecule has 2 nitrogen and oxygen atoms in total. The zero-order chi connectivity index (χ0) is 19.4. The molecule has 2 N–H and O–H groups in total. The number of anilines is 2. The maximum Gasteiger partial charge on any atom is 0.0506 e. The van der Waals surface area contributed by atoms with E-state index in [1.165, 1.54) is 44.8 Å². The average molecular weight is 359 g/mol. The van der Waals surface area contributed by atoms with Crippen molar-refractivity contribution in [3.63, 3.8) is 0 Å². The molecule has 27 heavy (non-hydrogen) atoms. The molecule has 0 amide bonds. The van der Waals surface area contributed by atoms with Crippen molar-refractivity contribution < 1.29 is 0 Å². The summed E-state index contributed by atoms with van der Waals surface area (Å²) < 4.78 is 0. The van der Waals surface area contributed by atoms with Gasteiger partial charge in [-0.05, 0) is 63.8 Å². The number of allylic oxidation sites excluding steroid dienone is 2. The fourth-order valence-electron chi connectivity index (χ4n) is 4.61. The third kappa shape index (κ3) is 3.29. The number of nitrogens with one attached hydrogen (secondary N) is 2. The van der Waals surface area contributed by atoms with Gasteiger partial charge in [0.25, 0.3) is 0 Å². The van der Waals surface area contributed by atoms with E-state index in [1.54, 1.807) is 0 Å². The second kappa shape index (κ2) is 6.02. The summed E-state index contributed by atoms with van der Waals surface area (Å²) in [5.74, 6) is 0. The standard InChI is InChI=1S/C25H30N2/c1-16-14-24(3,4)26-22-18(9-7-11-20(16)22)13-19-10-8-12-21-17(2)15-25(5,6)27-23(19)21/h7-12,14-15,26-27H,13H2,1-6H3. The molecular weight excluding hydrogens is 328 g/mol. The minimum Gasteiger partial charge on any atom is -0.376 e. The smallest absolute Gasteiger partial charge is 0.0506 e. The Morgan fingerprint density at radius 1 is 0.667 bits per heavy atom. The first-order valence-corrected chi connectivity index (χ1v) is 9.85. The lowest BCUT2D eigenvalue weighted by Crippen LogP contribution is -2.33. The van der Waals surface area contributed by atoms with Gasteiger partial charge in [0.05, 0.1) is 11.1 Å². The SMILES string of the molecule is CC1=CC(C)(C)Nc2c(Cc3cccc4c3NC(C)(C)C=C4C)cccc21. The van der Waals surface area contributed by atoms with Crippen LogP contribution in [0.4, 0.5) is 11.4 Å². The molecule has 0 aromatic heterocycles. The first kappa shape index (κ1) is 17.9.